The van der Waals surface area contributed by atoms with Crippen LogP contribution in [0.1, 0.15) is 19.4 Å². The van der Waals surface area contributed by atoms with Gasteiger partial charge in [0.15, 0.2) is 11.7 Å². The maximum Gasteiger partial charge on any atom is 0.230 e. The lowest BCUT2D eigenvalue weighted by Gasteiger charge is -2.18. The van der Waals surface area contributed by atoms with Gasteiger partial charge in [0, 0.05) is 10.6 Å². The fourth-order valence-corrected chi connectivity index (χ4v) is 1.23. The molecular formula is C12H12ClF2NO. The first-order valence-electron chi connectivity index (χ1n) is 4.88. The van der Waals surface area contributed by atoms with E-state index in [1.54, 1.807) is 0 Å². The summed E-state index contributed by atoms with van der Waals surface area (Å²) >= 11 is 5.63. The van der Waals surface area contributed by atoms with Crippen LogP contribution in [0.4, 0.5) is 8.78 Å². The van der Waals surface area contributed by atoms with Gasteiger partial charge in [-0.05, 0) is 26.0 Å². The van der Waals surface area contributed by atoms with Crippen LogP contribution >= 0.6 is 11.6 Å². The van der Waals surface area contributed by atoms with Gasteiger partial charge in [0.25, 0.3) is 0 Å². The van der Waals surface area contributed by atoms with E-state index in [1.165, 1.54) is 38.1 Å². The highest BCUT2D eigenvalue weighted by atomic mass is 35.5. The molecule has 0 aliphatic carbocycles. The lowest BCUT2D eigenvalue weighted by molar-refractivity contribution is -0.124. The molecule has 0 saturated heterocycles. The predicted octanol–water partition coefficient (Wildman–Crippen LogP) is 3.46. The minimum atomic E-state index is -1.68. The van der Waals surface area contributed by atoms with Gasteiger partial charge in [0.1, 0.15) is 0 Å². The fraction of sp³-hybridized carbons (Fsp3) is 0.250. The molecule has 0 saturated carbocycles. The summed E-state index contributed by atoms with van der Waals surface area (Å²) in [7, 11) is 0. The highest BCUT2D eigenvalue weighted by Gasteiger charge is 2.34. The number of carbonyl (C=O) groups excluding carboxylic acids is 1. The highest BCUT2D eigenvalue weighted by Crippen LogP contribution is 2.34. The molecule has 1 aromatic carbocycles. The molecule has 1 rings (SSSR count). The standard InChI is InChI=1S/C12H12ClF2NO/c1-12(2,11(16)17)10(15)9(14)7-3-5-8(13)6-4-7/h3-6H,1-2H3,(H2,16,17). The van der Waals surface area contributed by atoms with Gasteiger partial charge in [-0.2, -0.15) is 0 Å². The van der Waals surface area contributed by atoms with Crippen molar-refractivity contribution in [3.05, 3.63) is 40.7 Å². The SMILES string of the molecule is CC(C)(C(N)=O)C(F)=C(F)c1ccc(Cl)cc1. The molecule has 0 aliphatic rings. The number of hydrogen-bond acceptors (Lipinski definition) is 1. The summed E-state index contributed by atoms with van der Waals surface area (Å²) in [5.74, 6) is -3.23. The molecule has 92 valence electrons. The number of primary amides is 1. The Balaban J connectivity index is 3.22. The number of amides is 1. The van der Waals surface area contributed by atoms with E-state index in [-0.39, 0.29) is 5.56 Å². The van der Waals surface area contributed by atoms with Gasteiger partial charge in [-0.1, -0.05) is 23.7 Å². The molecule has 0 atom stereocenters. The summed E-state index contributed by atoms with van der Waals surface area (Å²) < 4.78 is 27.6. The lowest BCUT2D eigenvalue weighted by Crippen LogP contribution is -2.32. The lowest BCUT2D eigenvalue weighted by atomic mass is 9.89. The molecule has 0 fully saturated rings. The Morgan fingerprint density at radius 1 is 1.24 bits per heavy atom. The van der Waals surface area contributed by atoms with Crippen molar-refractivity contribution in [2.24, 2.45) is 11.1 Å². The van der Waals surface area contributed by atoms with Crippen LogP contribution in [0.3, 0.4) is 0 Å². The molecule has 0 aromatic heterocycles. The molecular weight excluding hydrogens is 248 g/mol. The third-order valence-corrected chi connectivity index (χ3v) is 2.71. The van der Waals surface area contributed by atoms with Crippen molar-refractivity contribution in [2.75, 3.05) is 0 Å². The summed E-state index contributed by atoms with van der Waals surface area (Å²) in [5.41, 5.74) is 3.35. The number of carbonyl (C=O) groups is 1. The van der Waals surface area contributed by atoms with Crippen LogP contribution < -0.4 is 5.73 Å². The van der Waals surface area contributed by atoms with E-state index < -0.39 is 23.0 Å². The second-order valence-electron chi connectivity index (χ2n) is 4.12. The van der Waals surface area contributed by atoms with Crippen LogP contribution in [-0.4, -0.2) is 5.91 Å². The van der Waals surface area contributed by atoms with Crippen LogP contribution in [0.5, 0.6) is 0 Å². The van der Waals surface area contributed by atoms with Gasteiger partial charge in [-0.25, -0.2) is 8.78 Å². The number of hydrogen-bond donors (Lipinski definition) is 1. The van der Waals surface area contributed by atoms with Gasteiger partial charge in [0.05, 0.1) is 5.41 Å². The zero-order chi connectivity index (χ0) is 13.2. The van der Waals surface area contributed by atoms with Crippen molar-refractivity contribution in [1.29, 1.82) is 0 Å². The smallest absolute Gasteiger partial charge is 0.230 e. The van der Waals surface area contributed by atoms with Crippen molar-refractivity contribution >= 4 is 23.3 Å². The molecule has 17 heavy (non-hydrogen) atoms. The Hall–Kier alpha value is -1.42. The third-order valence-electron chi connectivity index (χ3n) is 2.46. The van der Waals surface area contributed by atoms with Gasteiger partial charge in [-0.15, -0.1) is 0 Å². The van der Waals surface area contributed by atoms with Gasteiger partial charge >= 0.3 is 0 Å². The minimum absolute atomic E-state index is 0.0150. The summed E-state index contributed by atoms with van der Waals surface area (Å²) in [6.45, 7) is 2.44. The van der Waals surface area contributed by atoms with Crippen molar-refractivity contribution in [3.8, 4) is 0 Å². The molecule has 0 heterocycles. The summed E-state index contributed by atoms with van der Waals surface area (Å²) in [6.07, 6.45) is 0. The van der Waals surface area contributed by atoms with Crippen molar-refractivity contribution in [1.82, 2.24) is 0 Å². The molecule has 1 amide bonds. The molecule has 0 unspecified atom stereocenters. The summed E-state index contributed by atoms with van der Waals surface area (Å²) in [4.78, 5) is 11.0. The molecule has 0 aliphatic heterocycles. The first-order valence-corrected chi connectivity index (χ1v) is 5.26. The Morgan fingerprint density at radius 2 is 1.71 bits per heavy atom. The molecule has 1 aromatic rings. The van der Waals surface area contributed by atoms with Crippen LogP contribution in [0, 0.1) is 5.41 Å². The number of halogens is 3. The molecule has 0 spiro atoms. The maximum atomic E-state index is 13.8. The monoisotopic (exact) mass is 259 g/mol. The van der Waals surface area contributed by atoms with Crippen LogP contribution in [-0.2, 0) is 4.79 Å². The normalized spacial score (nSPS) is 13.2. The fourth-order valence-electron chi connectivity index (χ4n) is 1.11. The van der Waals surface area contributed by atoms with E-state index in [0.717, 1.165) is 0 Å². The van der Waals surface area contributed by atoms with Gasteiger partial charge in [-0.3, -0.25) is 4.79 Å². The summed E-state index contributed by atoms with van der Waals surface area (Å²) in [5, 5.41) is 0.413. The zero-order valence-electron chi connectivity index (χ0n) is 9.43. The van der Waals surface area contributed by atoms with Crippen molar-refractivity contribution in [2.45, 2.75) is 13.8 Å². The first kappa shape index (κ1) is 13.6. The van der Waals surface area contributed by atoms with Crippen LogP contribution in [0.25, 0.3) is 5.83 Å². The van der Waals surface area contributed by atoms with Gasteiger partial charge in [0.2, 0.25) is 5.91 Å². The Morgan fingerprint density at radius 3 is 2.12 bits per heavy atom. The van der Waals surface area contributed by atoms with E-state index >= 15 is 0 Å². The second-order valence-corrected chi connectivity index (χ2v) is 4.56. The number of nitrogens with two attached hydrogens (primary N) is 1. The van der Waals surface area contributed by atoms with Gasteiger partial charge < -0.3 is 5.73 Å². The van der Waals surface area contributed by atoms with E-state index in [4.69, 9.17) is 17.3 Å². The van der Waals surface area contributed by atoms with Crippen LogP contribution in [0.2, 0.25) is 5.02 Å². The molecule has 0 radical (unpaired) electrons. The maximum absolute atomic E-state index is 13.8. The molecule has 0 bridgehead atoms. The average Bonchev–Trinajstić information content (AvgIpc) is 2.27. The predicted molar refractivity (Wildman–Crippen MR) is 63.6 cm³/mol. The Bertz CT molecular complexity index is 466. The molecule has 5 heteroatoms. The largest absolute Gasteiger partial charge is 0.369 e. The zero-order valence-corrected chi connectivity index (χ0v) is 10.2. The highest BCUT2D eigenvalue weighted by molar-refractivity contribution is 6.30. The third kappa shape index (κ3) is 2.82. The minimum Gasteiger partial charge on any atom is -0.369 e. The van der Waals surface area contributed by atoms with E-state index in [9.17, 15) is 13.6 Å². The quantitative estimate of drug-likeness (QED) is 0.888. The summed E-state index contributed by atoms with van der Waals surface area (Å²) in [6, 6.07) is 5.52. The van der Waals surface area contributed by atoms with E-state index in [2.05, 4.69) is 0 Å². The van der Waals surface area contributed by atoms with Crippen molar-refractivity contribution < 1.29 is 13.6 Å². The average molecular weight is 260 g/mol. The number of rotatable bonds is 3. The van der Waals surface area contributed by atoms with E-state index in [1.807, 2.05) is 0 Å². The Kier molecular flexibility index (Phi) is 3.88. The van der Waals surface area contributed by atoms with Crippen molar-refractivity contribution in [3.63, 3.8) is 0 Å². The van der Waals surface area contributed by atoms with E-state index in [0.29, 0.717) is 5.02 Å². The first-order chi connectivity index (χ1) is 7.76. The molecule has 2 nitrogen and oxygen atoms in total. The Labute approximate surface area is 103 Å². The van der Waals surface area contributed by atoms with Crippen LogP contribution in [0.15, 0.2) is 30.1 Å². The molecule has 2 N–H and O–H groups in total. The second kappa shape index (κ2) is 4.84. The topological polar surface area (TPSA) is 43.1 Å². The number of benzene rings is 1.